The van der Waals surface area contributed by atoms with E-state index in [0.29, 0.717) is 5.92 Å². The Labute approximate surface area is 138 Å². The summed E-state index contributed by atoms with van der Waals surface area (Å²) in [7, 11) is 1.39. The van der Waals surface area contributed by atoms with Crippen LogP contribution in [-0.4, -0.2) is 43.0 Å². The van der Waals surface area contributed by atoms with Crippen LogP contribution < -0.4 is 5.32 Å². The number of methoxy groups -OCH3 is 1. The Morgan fingerprint density at radius 2 is 2.13 bits per heavy atom. The highest BCUT2D eigenvalue weighted by Gasteiger charge is 2.32. The quantitative estimate of drug-likeness (QED) is 0.848. The SMILES string of the molecule is COC(=O)C1CCCN1CC(=O)Nc1c(C)cccc1C(C)C. The largest absolute Gasteiger partial charge is 0.468 e. The zero-order valence-corrected chi connectivity index (χ0v) is 14.4. The second-order valence-electron chi connectivity index (χ2n) is 6.39. The Morgan fingerprint density at radius 1 is 1.39 bits per heavy atom. The molecule has 1 heterocycles. The van der Waals surface area contributed by atoms with E-state index in [0.717, 1.165) is 36.2 Å². The molecule has 5 nitrogen and oxygen atoms in total. The number of amides is 1. The summed E-state index contributed by atoms with van der Waals surface area (Å²) >= 11 is 0. The molecule has 1 N–H and O–H groups in total. The van der Waals surface area contributed by atoms with Crippen molar-refractivity contribution in [3.63, 3.8) is 0 Å². The monoisotopic (exact) mass is 318 g/mol. The van der Waals surface area contributed by atoms with Crippen molar-refractivity contribution in [2.75, 3.05) is 25.5 Å². The minimum absolute atomic E-state index is 0.0861. The van der Waals surface area contributed by atoms with Gasteiger partial charge in [0.05, 0.1) is 13.7 Å². The van der Waals surface area contributed by atoms with E-state index >= 15 is 0 Å². The molecule has 0 spiro atoms. The van der Waals surface area contributed by atoms with Crippen molar-refractivity contribution in [1.29, 1.82) is 0 Å². The predicted octanol–water partition coefficient (Wildman–Crippen LogP) is 2.69. The molecule has 2 rings (SSSR count). The first kappa shape index (κ1) is 17.5. The van der Waals surface area contributed by atoms with Gasteiger partial charge in [-0.25, -0.2) is 0 Å². The molecule has 1 unspecified atom stereocenters. The molecule has 1 aliphatic rings. The van der Waals surface area contributed by atoms with Crippen LogP contribution in [-0.2, 0) is 14.3 Å². The number of likely N-dealkylation sites (tertiary alicyclic amines) is 1. The number of anilines is 1. The van der Waals surface area contributed by atoms with Gasteiger partial charge in [0.2, 0.25) is 5.91 Å². The number of hydrogen-bond donors (Lipinski definition) is 1. The Morgan fingerprint density at radius 3 is 2.78 bits per heavy atom. The fraction of sp³-hybridized carbons (Fsp3) is 0.556. The summed E-state index contributed by atoms with van der Waals surface area (Å²) in [6, 6.07) is 5.75. The summed E-state index contributed by atoms with van der Waals surface area (Å²) in [5, 5.41) is 3.03. The first-order chi connectivity index (χ1) is 10.9. The molecule has 5 heteroatoms. The van der Waals surface area contributed by atoms with Crippen molar-refractivity contribution < 1.29 is 14.3 Å². The number of para-hydroxylation sites is 1. The number of rotatable bonds is 5. The topological polar surface area (TPSA) is 58.6 Å². The molecule has 1 saturated heterocycles. The van der Waals surface area contributed by atoms with Crippen LogP contribution in [0.2, 0.25) is 0 Å². The number of benzene rings is 1. The van der Waals surface area contributed by atoms with Gasteiger partial charge in [0, 0.05) is 5.69 Å². The molecule has 1 aliphatic heterocycles. The van der Waals surface area contributed by atoms with Crippen molar-refractivity contribution in [3.05, 3.63) is 29.3 Å². The van der Waals surface area contributed by atoms with E-state index in [9.17, 15) is 9.59 Å². The number of esters is 1. The first-order valence-corrected chi connectivity index (χ1v) is 8.15. The molecule has 1 aromatic rings. The second kappa shape index (κ2) is 7.59. The van der Waals surface area contributed by atoms with Crippen molar-refractivity contribution in [3.8, 4) is 0 Å². The van der Waals surface area contributed by atoms with E-state index in [1.54, 1.807) is 0 Å². The number of hydrogen-bond acceptors (Lipinski definition) is 4. The van der Waals surface area contributed by atoms with Crippen molar-refractivity contribution in [2.45, 2.75) is 45.6 Å². The van der Waals surface area contributed by atoms with Crippen molar-refractivity contribution in [2.24, 2.45) is 0 Å². The summed E-state index contributed by atoms with van der Waals surface area (Å²) in [6.07, 6.45) is 1.66. The van der Waals surface area contributed by atoms with Crippen LogP contribution in [0.4, 0.5) is 5.69 Å². The van der Waals surface area contributed by atoms with Crippen LogP contribution in [0, 0.1) is 6.92 Å². The zero-order chi connectivity index (χ0) is 17.0. The summed E-state index contributed by atoms with van der Waals surface area (Å²) in [5.41, 5.74) is 3.07. The average Bonchev–Trinajstić information content (AvgIpc) is 2.96. The lowest BCUT2D eigenvalue weighted by Crippen LogP contribution is -2.41. The minimum Gasteiger partial charge on any atom is -0.468 e. The number of carbonyl (C=O) groups is 2. The molecule has 0 aromatic heterocycles. The normalized spacial score (nSPS) is 18.2. The third kappa shape index (κ3) is 4.10. The lowest BCUT2D eigenvalue weighted by molar-refractivity contribution is -0.146. The molecular formula is C18H26N2O3. The first-order valence-electron chi connectivity index (χ1n) is 8.15. The number of aryl methyl sites for hydroxylation is 1. The Kier molecular flexibility index (Phi) is 5.77. The van der Waals surface area contributed by atoms with E-state index < -0.39 is 0 Å². The van der Waals surface area contributed by atoms with E-state index in [1.807, 2.05) is 30.0 Å². The molecule has 0 aliphatic carbocycles. The maximum atomic E-state index is 12.4. The van der Waals surface area contributed by atoms with Gasteiger partial charge in [0.15, 0.2) is 0 Å². The van der Waals surface area contributed by atoms with E-state index in [4.69, 9.17) is 4.74 Å². The minimum atomic E-state index is -0.299. The Bertz CT molecular complexity index is 584. The van der Waals surface area contributed by atoms with Crippen LogP contribution in [0.15, 0.2) is 18.2 Å². The van der Waals surface area contributed by atoms with Crippen LogP contribution in [0.5, 0.6) is 0 Å². The molecule has 1 atom stereocenters. The van der Waals surface area contributed by atoms with Crippen LogP contribution >= 0.6 is 0 Å². The maximum Gasteiger partial charge on any atom is 0.323 e. The van der Waals surface area contributed by atoms with Gasteiger partial charge in [-0.3, -0.25) is 14.5 Å². The summed E-state index contributed by atoms with van der Waals surface area (Å²) < 4.78 is 4.82. The highest BCUT2D eigenvalue weighted by atomic mass is 16.5. The second-order valence-corrected chi connectivity index (χ2v) is 6.39. The summed E-state index contributed by atoms with van der Waals surface area (Å²) in [4.78, 5) is 26.1. The molecule has 126 valence electrons. The van der Waals surface area contributed by atoms with Crippen molar-refractivity contribution >= 4 is 17.6 Å². The molecule has 23 heavy (non-hydrogen) atoms. The standard InChI is InChI=1S/C18H26N2O3/c1-12(2)14-8-5-7-13(3)17(14)19-16(21)11-20-10-6-9-15(20)18(22)23-4/h5,7-8,12,15H,6,9-11H2,1-4H3,(H,19,21). The molecule has 0 radical (unpaired) electrons. The number of ether oxygens (including phenoxy) is 1. The smallest absolute Gasteiger partial charge is 0.323 e. The number of nitrogens with zero attached hydrogens (tertiary/aromatic N) is 1. The Hall–Kier alpha value is -1.88. The van der Waals surface area contributed by atoms with E-state index in [1.165, 1.54) is 7.11 Å². The summed E-state index contributed by atoms with van der Waals surface area (Å²) in [5.74, 6) is -0.00846. The molecular weight excluding hydrogens is 292 g/mol. The molecule has 0 bridgehead atoms. The zero-order valence-electron chi connectivity index (χ0n) is 14.4. The van der Waals surface area contributed by atoms with Gasteiger partial charge >= 0.3 is 5.97 Å². The lowest BCUT2D eigenvalue weighted by Gasteiger charge is -2.23. The third-order valence-electron chi connectivity index (χ3n) is 4.38. The molecule has 1 fully saturated rings. The van der Waals surface area contributed by atoms with Gasteiger partial charge in [0.1, 0.15) is 6.04 Å². The summed E-state index contributed by atoms with van der Waals surface area (Å²) in [6.45, 7) is 7.18. The number of nitrogens with one attached hydrogen (secondary N) is 1. The third-order valence-corrected chi connectivity index (χ3v) is 4.38. The van der Waals surface area contributed by atoms with Gasteiger partial charge in [-0.1, -0.05) is 32.0 Å². The lowest BCUT2D eigenvalue weighted by atomic mass is 9.98. The molecule has 1 aromatic carbocycles. The van der Waals surface area contributed by atoms with E-state index in [-0.39, 0.29) is 24.5 Å². The molecule has 0 saturated carbocycles. The molecule has 1 amide bonds. The fourth-order valence-electron chi connectivity index (χ4n) is 3.12. The van der Waals surface area contributed by atoms with Gasteiger partial charge in [-0.05, 0) is 43.4 Å². The van der Waals surface area contributed by atoms with E-state index in [2.05, 4.69) is 19.2 Å². The van der Waals surface area contributed by atoms with Crippen molar-refractivity contribution in [1.82, 2.24) is 4.90 Å². The van der Waals surface area contributed by atoms with Crippen LogP contribution in [0.3, 0.4) is 0 Å². The van der Waals surface area contributed by atoms with Gasteiger partial charge in [-0.2, -0.15) is 0 Å². The predicted molar refractivity (Wildman–Crippen MR) is 90.5 cm³/mol. The number of carbonyl (C=O) groups excluding carboxylic acids is 2. The maximum absolute atomic E-state index is 12.4. The van der Waals surface area contributed by atoms with Gasteiger partial charge in [0.25, 0.3) is 0 Å². The average molecular weight is 318 g/mol. The fourth-order valence-corrected chi connectivity index (χ4v) is 3.12. The Balaban J connectivity index is 2.07. The van der Waals surface area contributed by atoms with Gasteiger partial charge < -0.3 is 10.1 Å². The highest BCUT2D eigenvalue weighted by molar-refractivity contribution is 5.94. The van der Waals surface area contributed by atoms with Crippen LogP contribution in [0.25, 0.3) is 0 Å². The highest BCUT2D eigenvalue weighted by Crippen LogP contribution is 2.27. The van der Waals surface area contributed by atoms with Gasteiger partial charge in [-0.15, -0.1) is 0 Å². The van der Waals surface area contributed by atoms with Crippen LogP contribution in [0.1, 0.15) is 43.7 Å².